The summed E-state index contributed by atoms with van der Waals surface area (Å²) in [5, 5.41) is 2.60. The van der Waals surface area contributed by atoms with E-state index >= 15 is 0 Å². The van der Waals surface area contributed by atoms with Crippen LogP contribution in [0.5, 0.6) is 0 Å². The van der Waals surface area contributed by atoms with Crippen LogP contribution >= 0.6 is 0 Å². The van der Waals surface area contributed by atoms with Crippen molar-refractivity contribution in [3.63, 3.8) is 0 Å². The zero-order valence-electron chi connectivity index (χ0n) is 11.9. The SMILES string of the molecule is CC(C)C1CCN(C(=O)OC(=O)NC(C)(C)C)C1. The Morgan fingerprint density at radius 1 is 1.33 bits per heavy atom. The zero-order chi connectivity index (χ0) is 13.9. The summed E-state index contributed by atoms with van der Waals surface area (Å²) < 4.78 is 4.78. The van der Waals surface area contributed by atoms with Crippen LogP contribution in [-0.2, 0) is 4.74 Å². The molecule has 0 spiro atoms. The fourth-order valence-electron chi connectivity index (χ4n) is 1.97. The second-order valence-corrected chi connectivity index (χ2v) is 6.27. The summed E-state index contributed by atoms with van der Waals surface area (Å²) in [6, 6.07) is 0. The maximum atomic E-state index is 11.8. The van der Waals surface area contributed by atoms with Gasteiger partial charge < -0.3 is 15.0 Å². The summed E-state index contributed by atoms with van der Waals surface area (Å²) in [4.78, 5) is 24.8. The smallest absolute Gasteiger partial charge is 0.359 e. The summed E-state index contributed by atoms with van der Waals surface area (Å²) in [5.41, 5.74) is -0.400. The van der Waals surface area contributed by atoms with Crippen LogP contribution in [0.2, 0.25) is 0 Å². The van der Waals surface area contributed by atoms with E-state index in [1.54, 1.807) is 4.90 Å². The number of hydrogen-bond acceptors (Lipinski definition) is 3. The highest BCUT2D eigenvalue weighted by atomic mass is 16.6. The lowest BCUT2D eigenvalue weighted by atomic mass is 9.95. The molecule has 1 saturated heterocycles. The molecule has 1 aliphatic heterocycles. The number of ether oxygens (including phenoxy) is 1. The summed E-state index contributed by atoms with van der Waals surface area (Å²) in [7, 11) is 0. The van der Waals surface area contributed by atoms with Crippen molar-refractivity contribution in [2.45, 2.75) is 46.6 Å². The fourth-order valence-corrected chi connectivity index (χ4v) is 1.97. The van der Waals surface area contributed by atoms with Crippen molar-refractivity contribution in [2.75, 3.05) is 13.1 Å². The van der Waals surface area contributed by atoms with Crippen LogP contribution in [0.4, 0.5) is 9.59 Å². The molecule has 5 nitrogen and oxygen atoms in total. The van der Waals surface area contributed by atoms with Gasteiger partial charge in [0, 0.05) is 18.6 Å². The third kappa shape index (κ3) is 4.55. The van der Waals surface area contributed by atoms with Crippen LogP contribution in [-0.4, -0.2) is 35.7 Å². The molecule has 0 bridgehead atoms. The van der Waals surface area contributed by atoms with Gasteiger partial charge in [0.25, 0.3) is 0 Å². The molecule has 0 aromatic heterocycles. The molecular weight excluding hydrogens is 232 g/mol. The van der Waals surface area contributed by atoms with Crippen LogP contribution in [0.1, 0.15) is 41.0 Å². The normalized spacial score (nSPS) is 20.1. The molecule has 2 amide bonds. The van der Waals surface area contributed by atoms with E-state index in [9.17, 15) is 9.59 Å². The van der Waals surface area contributed by atoms with Crippen LogP contribution in [0, 0.1) is 11.8 Å². The predicted molar refractivity (Wildman–Crippen MR) is 69.3 cm³/mol. The Morgan fingerprint density at radius 2 is 1.94 bits per heavy atom. The minimum atomic E-state index is -0.680. The van der Waals surface area contributed by atoms with Crippen molar-refractivity contribution in [2.24, 2.45) is 11.8 Å². The third-order valence-corrected chi connectivity index (χ3v) is 3.08. The molecule has 1 unspecified atom stereocenters. The Morgan fingerprint density at radius 3 is 2.39 bits per heavy atom. The average Bonchev–Trinajstić information content (AvgIpc) is 2.62. The van der Waals surface area contributed by atoms with Gasteiger partial charge in [-0.25, -0.2) is 9.59 Å². The van der Waals surface area contributed by atoms with Crippen LogP contribution < -0.4 is 5.32 Å². The van der Waals surface area contributed by atoms with Crippen molar-refractivity contribution in [1.29, 1.82) is 0 Å². The first kappa shape index (κ1) is 14.8. The maximum absolute atomic E-state index is 11.8. The van der Waals surface area contributed by atoms with Crippen molar-refractivity contribution < 1.29 is 14.3 Å². The van der Waals surface area contributed by atoms with E-state index in [0.29, 0.717) is 24.9 Å². The quantitative estimate of drug-likeness (QED) is 0.734. The zero-order valence-corrected chi connectivity index (χ0v) is 11.9. The molecule has 0 aromatic carbocycles. The summed E-state index contributed by atoms with van der Waals surface area (Å²) in [5.74, 6) is 1.05. The minimum absolute atomic E-state index is 0.400. The molecule has 1 heterocycles. The molecule has 0 radical (unpaired) electrons. The van der Waals surface area contributed by atoms with Gasteiger partial charge >= 0.3 is 12.2 Å². The molecule has 104 valence electrons. The Kier molecular flexibility index (Phi) is 4.59. The number of carbonyl (C=O) groups is 2. The van der Waals surface area contributed by atoms with E-state index in [1.807, 2.05) is 20.8 Å². The van der Waals surface area contributed by atoms with Gasteiger partial charge in [0.05, 0.1) is 0 Å². The molecule has 1 N–H and O–H groups in total. The van der Waals surface area contributed by atoms with Crippen molar-refractivity contribution >= 4 is 12.2 Å². The number of nitrogens with one attached hydrogen (secondary N) is 1. The van der Waals surface area contributed by atoms with E-state index in [2.05, 4.69) is 19.2 Å². The first-order valence-electron chi connectivity index (χ1n) is 6.48. The van der Waals surface area contributed by atoms with E-state index in [4.69, 9.17) is 4.74 Å². The number of likely N-dealkylation sites (tertiary alicyclic amines) is 1. The predicted octanol–water partition coefficient (Wildman–Crippen LogP) is 2.61. The van der Waals surface area contributed by atoms with E-state index < -0.39 is 17.7 Å². The Bertz CT molecular complexity index is 321. The largest absolute Gasteiger partial charge is 0.418 e. The molecule has 1 aliphatic rings. The van der Waals surface area contributed by atoms with E-state index in [-0.39, 0.29) is 0 Å². The topological polar surface area (TPSA) is 58.6 Å². The maximum Gasteiger partial charge on any atom is 0.418 e. The van der Waals surface area contributed by atoms with Gasteiger partial charge in [-0.1, -0.05) is 13.8 Å². The lowest BCUT2D eigenvalue weighted by Gasteiger charge is -2.21. The highest BCUT2D eigenvalue weighted by Crippen LogP contribution is 2.23. The summed E-state index contributed by atoms with van der Waals surface area (Å²) in [6.45, 7) is 11.2. The molecule has 1 fully saturated rings. The Labute approximate surface area is 109 Å². The highest BCUT2D eigenvalue weighted by Gasteiger charge is 2.30. The van der Waals surface area contributed by atoms with Crippen LogP contribution in [0.3, 0.4) is 0 Å². The molecule has 0 aromatic rings. The summed E-state index contributed by atoms with van der Waals surface area (Å²) >= 11 is 0. The number of hydrogen-bond donors (Lipinski definition) is 1. The van der Waals surface area contributed by atoms with E-state index in [1.165, 1.54) is 0 Å². The van der Waals surface area contributed by atoms with Gasteiger partial charge in [-0.2, -0.15) is 0 Å². The molecule has 18 heavy (non-hydrogen) atoms. The first-order chi connectivity index (χ1) is 8.19. The average molecular weight is 256 g/mol. The molecular formula is C13H24N2O3. The van der Waals surface area contributed by atoms with Crippen molar-refractivity contribution in [3.8, 4) is 0 Å². The van der Waals surface area contributed by atoms with Gasteiger partial charge in [0.1, 0.15) is 0 Å². The summed E-state index contributed by atoms with van der Waals surface area (Å²) in [6.07, 6.45) is -0.242. The van der Waals surface area contributed by atoms with E-state index in [0.717, 1.165) is 6.42 Å². The molecule has 1 rings (SSSR count). The molecule has 0 saturated carbocycles. The first-order valence-corrected chi connectivity index (χ1v) is 6.48. The number of rotatable bonds is 1. The fraction of sp³-hybridized carbons (Fsp3) is 0.846. The number of alkyl carbamates (subject to hydrolysis) is 1. The number of carbonyl (C=O) groups excluding carboxylic acids is 2. The van der Waals surface area contributed by atoms with Gasteiger partial charge in [-0.05, 0) is 39.0 Å². The van der Waals surface area contributed by atoms with Crippen molar-refractivity contribution in [1.82, 2.24) is 10.2 Å². The highest BCUT2D eigenvalue weighted by molar-refractivity contribution is 5.84. The van der Waals surface area contributed by atoms with Gasteiger partial charge in [0.2, 0.25) is 0 Å². The molecule has 0 aliphatic carbocycles. The van der Waals surface area contributed by atoms with Gasteiger partial charge in [-0.15, -0.1) is 0 Å². The van der Waals surface area contributed by atoms with Gasteiger partial charge in [-0.3, -0.25) is 0 Å². The third-order valence-electron chi connectivity index (χ3n) is 3.08. The molecule has 5 heteroatoms. The van der Waals surface area contributed by atoms with Gasteiger partial charge in [0.15, 0.2) is 0 Å². The Hall–Kier alpha value is -1.26. The lowest BCUT2D eigenvalue weighted by molar-refractivity contribution is 0.118. The minimum Gasteiger partial charge on any atom is -0.359 e. The number of nitrogens with zero attached hydrogens (tertiary/aromatic N) is 1. The lowest BCUT2D eigenvalue weighted by Crippen LogP contribution is -2.43. The monoisotopic (exact) mass is 256 g/mol. The van der Waals surface area contributed by atoms with Crippen molar-refractivity contribution in [3.05, 3.63) is 0 Å². The standard InChI is InChI=1S/C13H24N2O3/c1-9(2)10-6-7-15(8-10)12(17)18-11(16)14-13(3,4)5/h9-10H,6-8H2,1-5H3,(H,14,16). The van der Waals surface area contributed by atoms with Crippen LogP contribution in [0.15, 0.2) is 0 Å². The second kappa shape index (κ2) is 5.59. The second-order valence-electron chi connectivity index (χ2n) is 6.27. The van der Waals surface area contributed by atoms with Crippen LogP contribution in [0.25, 0.3) is 0 Å². The molecule has 1 atom stereocenters. The Balaban J connectivity index is 2.41. The number of amides is 2.